The predicted octanol–water partition coefficient (Wildman–Crippen LogP) is 2.14. The summed E-state index contributed by atoms with van der Waals surface area (Å²) in [6.45, 7) is 0. The first-order valence-corrected chi connectivity index (χ1v) is 7.52. The van der Waals surface area contributed by atoms with Crippen LogP contribution in [0.5, 0.6) is 0 Å². The number of hydrogen-bond acceptors (Lipinski definition) is 7. The number of hydrogen-bond donors (Lipinski definition) is 1. The maximum absolute atomic E-state index is 12.4. The molecule has 1 aromatic carbocycles. The third-order valence-corrected chi connectivity index (χ3v) is 4.00. The Kier molecular flexibility index (Phi) is 5.67. The van der Waals surface area contributed by atoms with E-state index in [4.69, 9.17) is 26.8 Å². The van der Waals surface area contributed by atoms with Crippen LogP contribution in [0.15, 0.2) is 47.1 Å². The van der Waals surface area contributed by atoms with Gasteiger partial charge in [-0.2, -0.15) is 5.26 Å². The minimum Gasteiger partial charge on any atom is -0.469 e. The molecule has 2 N–H and O–H groups in total. The van der Waals surface area contributed by atoms with E-state index in [1.807, 2.05) is 6.07 Å². The summed E-state index contributed by atoms with van der Waals surface area (Å²) in [4.78, 5) is 24.1. The van der Waals surface area contributed by atoms with Gasteiger partial charge in [0.15, 0.2) is 0 Å². The van der Waals surface area contributed by atoms with E-state index in [1.54, 1.807) is 24.3 Å². The Morgan fingerprint density at radius 1 is 1.32 bits per heavy atom. The zero-order chi connectivity index (χ0) is 18.6. The Morgan fingerprint density at radius 2 is 2.00 bits per heavy atom. The Labute approximate surface area is 149 Å². The maximum atomic E-state index is 12.4. The van der Waals surface area contributed by atoms with Gasteiger partial charge in [-0.1, -0.05) is 29.8 Å². The second kappa shape index (κ2) is 7.73. The van der Waals surface area contributed by atoms with E-state index in [2.05, 4.69) is 4.74 Å². The molecule has 1 atom stereocenters. The maximum Gasteiger partial charge on any atom is 0.338 e. The topological polar surface area (TPSA) is 112 Å². The molecule has 0 spiro atoms. The number of halogens is 1. The summed E-state index contributed by atoms with van der Waals surface area (Å²) < 4.78 is 14.8. The number of esters is 2. The summed E-state index contributed by atoms with van der Waals surface area (Å²) in [5.74, 6) is -2.56. The summed E-state index contributed by atoms with van der Waals surface area (Å²) in [5, 5.41) is 9.82. The molecule has 0 aliphatic carbocycles. The number of carbonyl (C=O) groups is 2. The molecule has 7 nitrogen and oxygen atoms in total. The van der Waals surface area contributed by atoms with Crippen LogP contribution >= 0.6 is 11.6 Å². The molecule has 0 aromatic heterocycles. The highest BCUT2D eigenvalue weighted by molar-refractivity contribution is 6.31. The molecule has 0 saturated heterocycles. The van der Waals surface area contributed by atoms with Crippen LogP contribution in [0, 0.1) is 11.3 Å². The lowest BCUT2D eigenvalue weighted by Crippen LogP contribution is -2.27. The fourth-order valence-corrected chi connectivity index (χ4v) is 2.75. The van der Waals surface area contributed by atoms with Crippen LogP contribution in [0.2, 0.25) is 5.02 Å². The molecule has 1 aliphatic rings. The van der Waals surface area contributed by atoms with Crippen LogP contribution in [0.4, 0.5) is 0 Å². The van der Waals surface area contributed by atoms with Gasteiger partial charge >= 0.3 is 11.9 Å². The van der Waals surface area contributed by atoms with E-state index < -0.39 is 17.9 Å². The third-order valence-electron chi connectivity index (χ3n) is 3.65. The van der Waals surface area contributed by atoms with Crippen LogP contribution in [-0.2, 0) is 23.8 Å². The number of allylic oxidation sites excluding steroid dienone is 1. The van der Waals surface area contributed by atoms with Crippen molar-refractivity contribution in [1.29, 1.82) is 5.26 Å². The van der Waals surface area contributed by atoms with Crippen molar-refractivity contribution in [3.8, 4) is 6.07 Å². The van der Waals surface area contributed by atoms with Crippen molar-refractivity contribution in [2.75, 3.05) is 14.2 Å². The van der Waals surface area contributed by atoms with Gasteiger partial charge in [0.05, 0.1) is 25.7 Å². The zero-order valence-electron chi connectivity index (χ0n) is 13.5. The lowest BCUT2D eigenvalue weighted by molar-refractivity contribution is -0.140. The summed E-state index contributed by atoms with van der Waals surface area (Å²) in [6.07, 6.45) is -0.346. The standard InChI is InChI=1S/C17H15ClN2O5/c1-23-13(21)7-12-15(17(22)24-2)14(10(8-19)16(20)25-12)9-5-3-4-6-11(9)18/h3-6,14H,7,20H2,1-2H3/t14-/m1/s1. The Balaban J connectivity index is 2.72. The van der Waals surface area contributed by atoms with Crippen LogP contribution < -0.4 is 5.73 Å². The molecule has 25 heavy (non-hydrogen) atoms. The van der Waals surface area contributed by atoms with Crippen molar-refractivity contribution in [3.05, 3.63) is 57.6 Å². The van der Waals surface area contributed by atoms with Gasteiger partial charge in [-0.25, -0.2) is 4.79 Å². The van der Waals surface area contributed by atoms with E-state index in [-0.39, 0.29) is 29.2 Å². The zero-order valence-corrected chi connectivity index (χ0v) is 14.3. The molecule has 0 fully saturated rings. The first kappa shape index (κ1) is 18.4. The van der Waals surface area contributed by atoms with Crippen molar-refractivity contribution >= 4 is 23.5 Å². The van der Waals surface area contributed by atoms with E-state index in [9.17, 15) is 14.9 Å². The predicted molar refractivity (Wildman–Crippen MR) is 87.8 cm³/mol. The van der Waals surface area contributed by atoms with Crippen molar-refractivity contribution in [2.24, 2.45) is 5.73 Å². The number of nitrogens with zero attached hydrogens (tertiary/aromatic N) is 1. The second-order valence-electron chi connectivity index (χ2n) is 5.03. The molecule has 0 unspecified atom stereocenters. The average molecular weight is 363 g/mol. The third kappa shape index (κ3) is 3.59. The van der Waals surface area contributed by atoms with Gasteiger partial charge in [-0.05, 0) is 11.6 Å². The fraction of sp³-hybridized carbons (Fsp3) is 0.235. The number of rotatable bonds is 4. The summed E-state index contributed by atoms with van der Waals surface area (Å²) in [6, 6.07) is 8.63. The van der Waals surface area contributed by atoms with Crippen LogP contribution in [0.25, 0.3) is 0 Å². The molecule has 1 aliphatic heterocycles. The summed E-state index contributed by atoms with van der Waals surface area (Å²) >= 11 is 6.24. The van der Waals surface area contributed by atoms with E-state index in [0.717, 1.165) is 0 Å². The van der Waals surface area contributed by atoms with E-state index >= 15 is 0 Å². The SMILES string of the molecule is COC(=O)CC1=C(C(=O)OC)[C@H](c2ccccc2Cl)C(C#N)=C(N)O1. The first-order valence-electron chi connectivity index (χ1n) is 7.14. The molecule has 0 amide bonds. The number of benzene rings is 1. The molecular weight excluding hydrogens is 348 g/mol. The monoisotopic (exact) mass is 362 g/mol. The minimum absolute atomic E-state index is 0.00196. The second-order valence-corrected chi connectivity index (χ2v) is 5.43. The fourth-order valence-electron chi connectivity index (χ4n) is 2.51. The minimum atomic E-state index is -0.917. The van der Waals surface area contributed by atoms with Gasteiger partial charge in [0, 0.05) is 5.02 Å². The van der Waals surface area contributed by atoms with E-state index in [0.29, 0.717) is 10.6 Å². The van der Waals surface area contributed by atoms with Crippen LogP contribution in [0.1, 0.15) is 17.9 Å². The van der Waals surface area contributed by atoms with Crippen LogP contribution in [-0.4, -0.2) is 26.2 Å². The Bertz CT molecular complexity index is 823. The number of nitrogens with two attached hydrogens (primary N) is 1. The lowest BCUT2D eigenvalue weighted by atomic mass is 9.82. The summed E-state index contributed by atoms with van der Waals surface area (Å²) in [5.41, 5.74) is 6.28. The molecule has 8 heteroatoms. The average Bonchev–Trinajstić information content (AvgIpc) is 2.61. The van der Waals surface area contributed by atoms with Gasteiger partial charge in [0.25, 0.3) is 0 Å². The number of ether oxygens (including phenoxy) is 3. The van der Waals surface area contributed by atoms with Crippen molar-refractivity contribution in [3.63, 3.8) is 0 Å². The highest BCUT2D eigenvalue weighted by Crippen LogP contribution is 2.42. The molecule has 130 valence electrons. The molecule has 0 radical (unpaired) electrons. The number of nitriles is 1. The Morgan fingerprint density at radius 3 is 2.56 bits per heavy atom. The van der Waals surface area contributed by atoms with Crippen molar-refractivity contribution in [2.45, 2.75) is 12.3 Å². The highest BCUT2D eigenvalue weighted by Gasteiger charge is 2.38. The number of carbonyl (C=O) groups excluding carboxylic acids is 2. The summed E-state index contributed by atoms with van der Waals surface area (Å²) in [7, 11) is 2.39. The first-order chi connectivity index (χ1) is 11.9. The smallest absolute Gasteiger partial charge is 0.338 e. The van der Waals surface area contributed by atoms with Gasteiger partial charge < -0.3 is 19.9 Å². The molecule has 1 aromatic rings. The normalized spacial score (nSPS) is 16.8. The highest BCUT2D eigenvalue weighted by atomic mass is 35.5. The van der Waals surface area contributed by atoms with Gasteiger partial charge in [-0.3, -0.25) is 4.79 Å². The molecule has 2 rings (SSSR count). The van der Waals surface area contributed by atoms with Crippen molar-refractivity contribution in [1.82, 2.24) is 0 Å². The van der Waals surface area contributed by atoms with Crippen LogP contribution in [0.3, 0.4) is 0 Å². The van der Waals surface area contributed by atoms with Crippen molar-refractivity contribution < 1.29 is 23.8 Å². The molecule has 0 saturated carbocycles. The Hall–Kier alpha value is -2.98. The lowest BCUT2D eigenvalue weighted by Gasteiger charge is -2.28. The quantitative estimate of drug-likeness (QED) is 0.816. The molecular formula is C17H15ClN2O5. The van der Waals surface area contributed by atoms with Gasteiger partial charge in [0.2, 0.25) is 5.88 Å². The number of methoxy groups -OCH3 is 2. The van der Waals surface area contributed by atoms with Gasteiger partial charge in [-0.15, -0.1) is 0 Å². The molecule has 0 bridgehead atoms. The largest absolute Gasteiger partial charge is 0.469 e. The molecule has 1 heterocycles. The van der Waals surface area contributed by atoms with E-state index in [1.165, 1.54) is 14.2 Å². The van der Waals surface area contributed by atoms with Gasteiger partial charge in [0.1, 0.15) is 23.8 Å².